The lowest BCUT2D eigenvalue weighted by Crippen LogP contribution is -2.00. The number of aromatic nitrogens is 2. The fraction of sp³-hybridized carbons (Fsp3) is 0. The highest BCUT2D eigenvalue weighted by atomic mass is 79.9. The molecule has 1 heterocycles. The molecule has 0 aliphatic rings. The van der Waals surface area contributed by atoms with Crippen LogP contribution in [0.5, 0.6) is 0 Å². The van der Waals surface area contributed by atoms with Gasteiger partial charge in [-0.05, 0) is 34.1 Å². The summed E-state index contributed by atoms with van der Waals surface area (Å²) in [6.45, 7) is 0. The number of hydrogen-bond acceptors (Lipinski definition) is 4. The molecule has 0 bridgehead atoms. The number of nitrogen functional groups attached to an aromatic ring is 1. The van der Waals surface area contributed by atoms with Gasteiger partial charge in [-0.3, -0.25) is 0 Å². The van der Waals surface area contributed by atoms with Crippen molar-refractivity contribution in [2.75, 3.05) is 11.1 Å². The van der Waals surface area contributed by atoms with Crippen LogP contribution in [-0.2, 0) is 0 Å². The molecule has 88 valence electrons. The molecule has 0 spiro atoms. The van der Waals surface area contributed by atoms with E-state index in [0.29, 0.717) is 16.0 Å². The number of hydrogen-bond donors (Lipinski definition) is 2. The highest BCUT2D eigenvalue weighted by Crippen LogP contribution is 2.26. The summed E-state index contributed by atoms with van der Waals surface area (Å²) in [5.74, 6) is 0.177. The van der Waals surface area contributed by atoms with E-state index in [9.17, 15) is 4.39 Å². The molecule has 1 aromatic heterocycles. The molecule has 2 rings (SSSR count). The molecule has 3 N–H and O–H groups in total. The monoisotopic (exact) mass is 316 g/mol. The third-order valence-corrected chi connectivity index (χ3v) is 2.76. The van der Waals surface area contributed by atoms with E-state index in [-0.39, 0.29) is 16.9 Å². The first-order chi connectivity index (χ1) is 8.04. The predicted octanol–water partition coefficient (Wildman–Crippen LogP) is 3.36. The lowest BCUT2D eigenvalue weighted by molar-refractivity contribution is 0.627. The van der Waals surface area contributed by atoms with Crippen LogP contribution in [0.2, 0.25) is 5.15 Å². The summed E-state index contributed by atoms with van der Waals surface area (Å²) in [6, 6.07) is 5.77. The smallest absolute Gasteiger partial charge is 0.223 e. The Bertz CT molecular complexity index is 544. The zero-order valence-electron chi connectivity index (χ0n) is 8.42. The van der Waals surface area contributed by atoms with Crippen molar-refractivity contribution >= 4 is 45.0 Å². The standard InChI is InChI=1S/C10H7BrClFN4/c11-6-3-5(13)1-2-7(6)15-9-4-8(12)16-10(14)17-9/h1-4H,(H3,14,15,16,17). The van der Waals surface area contributed by atoms with Crippen molar-refractivity contribution in [3.8, 4) is 0 Å². The minimum atomic E-state index is -0.331. The summed E-state index contributed by atoms with van der Waals surface area (Å²) in [5, 5.41) is 3.19. The summed E-state index contributed by atoms with van der Waals surface area (Å²) in [6.07, 6.45) is 0. The zero-order valence-corrected chi connectivity index (χ0v) is 10.8. The van der Waals surface area contributed by atoms with Gasteiger partial charge in [0.15, 0.2) is 0 Å². The summed E-state index contributed by atoms with van der Waals surface area (Å²) in [5.41, 5.74) is 6.11. The first-order valence-electron chi connectivity index (χ1n) is 4.57. The van der Waals surface area contributed by atoms with Gasteiger partial charge in [-0.1, -0.05) is 11.6 Å². The van der Waals surface area contributed by atoms with Gasteiger partial charge in [-0.2, -0.15) is 4.98 Å². The van der Waals surface area contributed by atoms with Crippen molar-refractivity contribution in [1.29, 1.82) is 0 Å². The van der Waals surface area contributed by atoms with Gasteiger partial charge < -0.3 is 11.1 Å². The fourth-order valence-electron chi connectivity index (χ4n) is 1.23. The quantitative estimate of drug-likeness (QED) is 0.834. The van der Waals surface area contributed by atoms with Crippen molar-refractivity contribution in [1.82, 2.24) is 9.97 Å². The molecule has 0 aliphatic carbocycles. The van der Waals surface area contributed by atoms with Gasteiger partial charge in [-0.25, -0.2) is 9.37 Å². The van der Waals surface area contributed by atoms with E-state index in [2.05, 4.69) is 31.2 Å². The maximum Gasteiger partial charge on any atom is 0.223 e. The van der Waals surface area contributed by atoms with Gasteiger partial charge in [0.05, 0.1) is 5.69 Å². The Labute approximate surface area is 110 Å². The second-order valence-electron chi connectivity index (χ2n) is 3.18. The molecule has 0 saturated carbocycles. The van der Waals surface area contributed by atoms with E-state index in [4.69, 9.17) is 17.3 Å². The van der Waals surface area contributed by atoms with E-state index in [1.54, 1.807) is 6.07 Å². The molecule has 0 amide bonds. The van der Waals surface area contributed by atoms with Crippen molar-refractivity contribution in [2.45, 2.75) is 0 Å². The van der Waals surface area contributed by atoms with Gasteiger partial charge >= 0.3 is 0 Å². The van der Waals surface area contributed by atoms with Crippen LogP contribution in [0.15, 0.2) is 28.7 Å². The average molecular weight is 318 g/mol. The highest BCUT2D eigenvalue weighted by molar-refractivity contribution is 9.10. The molecule has 0 atom stereocenters. The van der Waals surface area contributed by atoms with Gasteiger partial charge in [0.2, 0.25) is 5.95 Å². The molecule has 0 radical (unpaired) electrons. The molecule has 0 saturated heterocycles. The second-order valence-corrected chi connectivity index (χ2v) is 4.42. The minimum absolute atomic E-state index is 0.0678. The Morgan fingerprint density at radius 3 is 2.71 bits per heavy atom. The normalized spacial score (nSPS) is 10.3. The number of anilines is 3. The van der Waals surface area contributed by atoms with Gasteiger partial charge in [-0.15, -0.1) is 0 Å². The Morgan fingerprint density at radius 1 is 1.29 bits per heavy atom. The topological polar surface area (TPSA) is 63.8 Å². The number of nitrogens with zero attached hydrogens (tertiary/aromatic N) is 2. The lowest BCUT2D eigenvalue weighted by atomic mass is 10.3. The Hall–Kier alpha value is -1.40. The highest BCUT2D eigenvalue weighted by Gasteiger charge is 2.05. The van der Waals surface area contributed by atoms with Crippen molar-refractivity contribution in [3.63, 3.8) is 0 Å². The van der Waals surface area contributed by atoms with E-state index in [1.165, 1.54) is 18.2 Å². The number of benzene rings is 1. The first kappa shape index (κ1) is 12.1. The van der Waals surface area contributed by atoms with E-state index in [0.717, 1.165) is 0 Å². The number of nitrogens with two attached hydrogens (primary N) is 1. The Balaban J connectivity index is 2.31. The van der Waals surface area contributed by atoms with Crippen molar-refractivity contribution in [2.24, 2.45) is 0 Å². The Kier molecular flexibility index (Phi) is 3.44. The summed E-state index contributed by atoms with van der Waals surface area (Å²) >= 11 is 8.97. The van der Waals surface area contributed by atoms with Crippen molar-refractivity contribution < 1.29 is 4.39 Å². The van der Waals surface area contributed by atoms with E-state index < -0.39 is 0 Å². The maximum atomic E-state index is 12.9. The van der Waals surface area contributed by atoms with E-state index >= 15 is 0 Å². The first-order valence-corrected chi connectivity index (χ1v) is 5.74. The minimum Gasteiger partial charge on any atom is -0.368 e. The molecule has 1 aromatic carbocycles. The van der Waals surface area contributed by atoms with Crippen LogP contribution in [0.3, 0.4) is 0 Å². The van der Waals surface area contributed by atoms with Crippen LogP contribution < -0.4 is 11.1 Å². The number of halogens is 3. The second kappa shape index (κ2) is 4.85. The van der Waals surface area contributed by atoms with E-state index in [1.807, 2.05) is 0 Å². The number of nitrogens with one attached hydrogen (secondary N) is 1. The SMILES string of the molecule is Nc1nc(Cl)cc(Nc2ccc(F)cc2Br)n1. The molecule has 0 aliphatic heterocycles. The van der Waals surface area contributed by atoms with Crippen LogP contribution in [-0.4, -0.2) is 9.97 Å². The van der Waals surface area contributed by atoms with Gasteiger partial charge in [0, 0.05) is 10.5 Å². The average Bonchev–Trinajstić information content (AvgIpc) is 2.21. The largest absolute Gasteiger partial charge is 0.368 e. The predicted molar refractivity (Wildman–Crippen MR) is 68.8 cm³/mol. The lowest BCUT2D eigenvalue weighted by Gasteiger charge is -2.08. The molecule has 17 heavy (non-hydrogen) atoms. The third kappa shape index (κ3) is 3.04. The van der Waals surface area contributed by atoms with Crippen LogP contribution in [0.25, 0.3) is 0 Å². The van der Waals surface area contributed by atoms with Crippen LogP contribution in [0.1, 0.15) is 0 Å². The Morgan fingerprint density at radius 2 is 2.06 bits per heavy atom. The van der Waals surface area contributed by atoms with Crippen molar-refractivity contribution in [3.05, 3.63) is 39.7 Å². The van der Waals surface area contributed by atoms with Gasteiger partial charge in [0.1, 0.15) is 16.8 Å². The summed E-state index contributed by atoms with van der Waals surface area (Å²) < 4.78 is 13.5. The molecule has 0 fully saturated rings. The summed E-state index contributed by atoms with van der Waals surface area (Å²) in [7, 11) is 0. The molecular weight excluding hydrogens is 310 g/mol. The fourth-order valence-corrected chi connectivity index (χ4v) is 1.87. The van der Waals surface area contributed by atoms with Gasteiger partial charge in [0.25, 0.3) is 0 Å². The molecule has 0 unspecified atom stereocenters. The van der Waals surface area contributed by atoms with Crippen LogP contribution in [0, 0.1) is 5.82 Å². The molecular formula is C10H7BrClFN4. The maximum absolute atomic E-state index is 12.9. The van der Waals surface area contributed by atoms with Crippen LogP contribution >= 0.6 is 27.5 Å². The van der Waals surface area contributed by atoms with Crippen LogP contribution in [0.4, 0.5) is 21.8 Å². The third-order valence-electron chi connectivity index (χ3n) is 1.91. The molecule has 7 heteroatoms. The molecule has 4 nitrogen and oxygen atoms in total. The summed E-state index contributed by atoms with van der Waals surface area (Å²) in [4.78, 5) is 7.68. The molecule has 2 aromatic rings. The number of rotatable bonds is 2. The zero-order chi connectivity index (χ0) is 12.4.